The molecule has 0 radical (unpaired) electrons. The average molecular weight is 326 g/mol. The van der Waals surface area contributed by atoms with E-state index < -0.39 is 29.7 Å². The quantitative estimate of drug-likeness (QED) is 0.837. The molecule has 23 heavy (non-hydrogen) atoms. The molecule has 0 aliphatic rings. The Morgan fingerprint density at radius 2 is 1.83 bits per heavy atom. The van der Waals surface area contributed by atoms with Gasteiger partial charge in [0.1, 0.15) is 17.5 Å². The summed E-state index contributed by atoms with van der Waals surface area (Å²) in [5.74, 6) is -1.08. The number of nitrogens with one attached hydrogen (secondary N) is 1. The summed E-state index contributed by atoms with van der Waals surface area (Å²) in [4.78, 5) is 23.3. The van der Waals surface area contributed by atoms with E-state index in [1.807, 2.05) is 0 Å². The molecule has 7 heteroatoms. The fourth-order valence-corrected chi connectivity index (χ4v) is 1.76. The van der Waals surface area contributed by atoms with Crippen LogP contribution in [0.2, 0.25) is 0 Å². The number of halogens is 1. The summed E-state index contributed by atoms with van der Waals surface area (Å²) in [6, 6.07) is 4.73. The summed E-state index contributed by atoms with van der Waals surface area (Å²) in [7, 11) is 0. The van der Waals surface area contributed by atoms with E-state index in [-0.39, 0.29) is 12.4 Å². The molecule has 0 heterocycles. The Kier molecular flexibility index (Phi) is 6.50. The van der Waals surface area contributed by atoms with Gasteiger partial charge in [0.15, 0.2) is 0 Å². The Balaban J connectivity index is 2.60. The highest BCUT2D eigenvalue weighted by Crippen LogP contribution is 2.10. The lowest BCUT2D eigenvalue weighted by Crippen LogP contribution is -2.52. The number of carbonyl (C=O) groups excluding carboxylic acids is 2. The molecule has 0 unspecified atom stereocenters. The van der Waals surface area contributed by atoms with Gasteiger partial charge in [0.05, 0.1) is 12.7 Å². The lowest BCUT2D eigenvalue weighted by molar-refractivity contribution is -0.124. The van der Waals surface area contributed by atoms with Crippen LogP contribution < -0.4 is 11.1 Å². The third-order valence-electron chi connectivity index (χ3n) is 2.87. The second kappa shape index (κ2) is 7.92. The van der Waals surface area contributed by atoms with Crippen molar-refractivity contribution in [2.24, 2.45) is 5.73 Å². The molecule has 2 atom stereocenters. The van der Waals surface area contributed by atoms with Gasteiger partial charge in [0, 0.05) is 0 Å². The minimum Gasteiger partial charge on any atom is -0.444 e. The summed E-state index contributed by atoms with van der Waals surface area (Å²) in [6.45, 7) is 6.89. The number of rotatable bonds is 6. The molecular weight excluding hydrogens is 303 g/mol. The van der Waals surface area contributed by atoms with Gasteiger partial charge >= 0.3 is 6.09 Å². The normalized spacial score (nSPS) is 14.0. The van der Waals surface area contributed by atoms with Crippen molar-refractivity contribution < 1.29 is 23.5 Å². The van der Waals surface area contributed by atoms with Crippen molar-refractivity contribution in [3.05, 3.63) is 35.6 Å². The fourth-order valence-electron chi connectivity index (χ4n) is 1.76. The number of alkyl carbamates (subject to hydrolysis) is 1. The van der Waals surface area contributed by atoms with Crippen LogP contribution in [0.5, 0.6) is 0 Å². The van der Waals surface area contributed by atoms with E-state index in [0.717, 1.165) is 5.56 Å². The summed E-state index contributed by atoms with van der Waals surface area (Å²) in [5.41, 5.74) is 5.34. The molecule has 3 N–H and O–H groups in total. The van der Waals surface area contributed by atoms with Crippen LogP contribution in [0.15, 0.2) is 24.3 Å². The number of hydrogen-bond donors (Lipinski definition) is 2. The van der Waals surface area contributed by atoms with E-state index in [9.17, 15) is 14.0 Å². The Morgan fingerprint density at radius 1 is 1.26 bits per heavy atom. The number of carbonyl (C=O) groups is 2. The maximum Gasteiger partial charge on any atom is 0.408 e. The average Bonchev–Trinajstić information content (AvgIpc) is 2.41. The third-order valence-corrected chi connectivity index (χ3v) is 2.87. The molecule has 6 nitrogen and oxygen atoms in total. The first kappa shape index (κ1) is 18.9. The number of hydrogen-bond acceptors (Lipinski definition) is 4. The maximum absolute atomic E-state index is 12.8. The van der Waals surface area contributed by atoms with E-state index in [0.29, 0.717) is 0 Å². The van der Waals surface area contributed by atoms with E-state index in [1.54, 1.807) is 39.8 Å². The van der Waals surface area contributed by atoms with Crippen LogP contribution in [0, 0.1) is 5.82 Å². The molecule has 128 valence electrons. The Bertz CT molecular complexity index is 540. The van der Waals surface area contributed by atoms with E-state index in [4.69, 9.17) is 15.2 Å². The van der Waals surface area contributed by atoms with Gasteiger partial charge in [0.2, 0.25) is 5.91 Å². The molecule has 1 rings (SSSR count). The maximum atomic E-state index is 12.8. The highest BCUT2D eigenvalue weighted by atomic mass is 19.1. The van der Waals surface area contributed by atoms with E-state index in [2.05, 4.69) is 5.32 Å². The molecular formula is C16H23FN2O4. The van der Waals surface area contributed by atoms with Gasteiger partial charge in [-0.1, -0.05) is 12.1 Å². The van der Waals surface area contributed by atoms with Gasteiger partial charge in [-0.2, -0.15) is 0 Å². The van der Waals surface area contributed by atoms with E-state index in [1.165, 1.54) is 12.1 Å². The van der Waals surface area contributed by atoms with Crippen LogP contribution in [0.3, 0.4) is 0 Å². The SMILES string of the molecule is C[C@H](OCc1ccc(F)cc1)[C@H](NC(=O)OC(C)(C)C)C(N)=O. The minimum absolute atomic E-state index is 0.154. The van der Waals surface area contributed by atoms with Gasteiger partial charge in [-0.05, 0) is 45.4 Å². The van der Waals surface area contributed by atoms with Gasteiger partial charge in [-0.15, -0.1) is 0 Å². The minimum atomic E-state index is -1.04. The van der Waals surface area contributed by atoms with Crippen LogP contribution in [0.25, 0.3) is 0 Å². The monoisotopic (exact) mass is 326 g/mol. The molecule has 0 aliphatic carbocycles. The topological polar surface area (TPSA) is 90.7 Å². The van der Waals surface area contributed by atoms with Gasteiger partial charge in [-0.3, -0.25) is 4.79 Å². The van der Waals surface area contributed by atoms with Gasteiger partial charge in [-0.25, -0.2) is 9.18 Å². The molecule has 0 aliphatic heterocycles. The molecule has 2 amide bonds. The Hall–Kier alpha value is -2.15. The van der Waals surface area contributed by atoms with Crippen molar-refractivity contribution in [3.8, 4) is 0 Å². The van der Waals surface area contributed by atoms with Crippen LogP contribution in [0.4, 0.5) is 9.18 Å². The third kappa shape index (κ3) is 7.10. The van der Waals surface area contributed by atoms with Crippen molar-refractivity contribution in [3.63, 3.8) is 0 Å². The highest BCUT2D eigenvalue weighted by molar-refractivity contribution is 5.84. The standard InChI is InChI=1S/C16H23FN2O4/c1-10(22-9-11-5-7-12(17)8-6-11)13(14(18)20)19-15(21)23-16(2,3)4/h5-8,10,13H,9H2,1-4H3,(H2,18,20)(H,19,21)/t10-,13-/m0/s1. The molecule has 1 aromatic carbocycles. The molecule has 0 bridgehead atoms. The second-order valence-electron chi connectivity index (χ2n) is 6.17. The van der Waals surface area contributed by atoms with Crippen LogP contribution in [-0.4, -0.2) is 29.7 Å². The smallest absolute Gasteiger partial charge is 0.408 e. The largest absolute Gasteiger partial charge is 0.444 e. The predicted octanol–water partition coefficient (Wildman–Crippen LogP) is 2.11. The zero-order valence-electron chi connectivity index (χ0n) is 13.8. The number of primary amides is 1. The molecule has 0 fully saturated rings. The lowest BCUT2D eigenvalue weighted by Gasteiger charge is -2.25. The van der Waals surface area contributed by atoms with Crippen LogP contribution in [0.1, 0.15) is 33.3 Å². The molecule has 0 spiro atoms. The van der Waals surface area contributed by atoms with Crippen LogP contribution >= 0.6 is 0 Å². The fraction of sp³-hybridized carbons (Fsp3) is 0.500. The molecule has 0 saturated heterocycles. The lowest BCUT2D eigenvalue weighted by atomic mass is 10.1. The molecule has 1 aromatic rings. The number of amides is 2. The Morgan fingerprint density at radius 3 is 2.30 bits per heavy atom. The zero-order valence-corrected chi connectivity index (χ0v) is 13.8. The first-order chi connectivity index (χ1) is 10.6. The Labute approximate surface area is 135 Å². The first-order valence-electron chi connectivity index (χ1n) is 7.23. The summed E-state index contributed by atoms with van der Waals surface area (Å²) >= 11 is 0. The number of ether oxygens (including phenoxy) is 2. The van der Waals surface area contributed by atoms with Crippen LogP contribution in [-0.2, 0) is 20.9 Å². The van der Waals surface area contributed by atoms with Crippen molar-refractivity contribution in [2.75, 3.05) is 0 Å². The molecule has 0 aromatic heterocycles. The highest BCUT2D eigenvalue weighted by Gasteiger charge is 2.28. The van der Waals surface area contributed by atoms with Crippen molar-refractivity contribution in [1.29, 1.82) is 0 Å². The molecule has 0 saturated carbocycles. The predicted molar refractivity (Wildman–Crippen MR) is 83.0 cm³/mol. The first-order valence-corrected chi connectivity index (χ1v) is 7.23. The van der Waals surface area contributed by atoms with Crippen molar-refractivity contribution in [2.45, 2.75) is 52.0 Å². The van der Waals surface area contributed by atoms with Gasteiger partial charge < -0.3 is 20.5 Å². The van der Waals surface area contributed by atoms with Crippen molar-refractivity contribution in [1.82, 2.24) is 5.32 Å². The van der Waals surface area contributed by atoms with Gasteiger partial charge in [0.25, 0.3) is 0 Å². The summed E-state index contributed by atoms with van der Waals surface area (Å²) < 4.78 is 23.5. The van der Waals surface area contributed by atoms with Crippen molar-refractivity contribution >= 4 is 12.0 Å². The summed E-state index contributed by atoms with van der Waals surface area (Å²) in [6.07, 6.45) is -1.43. The second-order valence-corrected chi connectivity index (χ2v) is 6.17. The van der Waals surface area contributed by atoms with E-state index >= 15 is 0 Å². The summed E-state index contributed by atoms with van der Waals surface area (Å²) in [5, 5.41) is 2.40. The number of nitrogens with two attached hydrogens (primary N) is 1. The zero-order chi connectivity index (χ0) is 17.6. The number of benzene rings is 1.